The number of fused-ring (bicyclic) bond motifs is 2. The van der Waals surface area contributed by atoms with Gasteiger partial charge in [0, 0.05) is 11.8 Å². The number of para-hydroxylation sites is 1. The normalized spacial score (nSPS) is 20.5. The Morgan fingerprint density at radius 3 is 3.04 bits per heavy atom. The van der Waals surface area contributed by atoms with Crippen molar-refractivity contribution >= 4 is 37.9 Å². The van der Waals surface area contributed by atoms with E-state index in [1.807, 2.05) is 18.3 Å². The van der Waals surface area contributed by atoms with Gasteiger partial charge in [0.1, 0.15) is 11.6 Å². The molecule has 5 rings (SSSR count). The molecule has 4 aromatic rings. The SMILES string of the molecule is Cc1cc(=O)n2nc(C[NH+]3CCC[C@H](c4nc5ccccc5s4)C3)sc2n1. The van der Waals surface area contributed by atoms with Crippen molar-refractivity contribution in [1.82, 2.24) is 19.6 Å². The van der Waals surface area contributed by atoms with E-state index < -0.39 is 0 Å². The van der Waals surface area contributed by atoms with Gasteiger partial charge in [0.15, 0.2) is 5.01 Å². The molecule has 6 nitrogen and oxygen atoms in total. The highest BCUT2D eigenvalue weighted by atomic mass is 32.1. The quantitative estimate of drug-likeness (QED) is 0.574. The number of nitrogens with zero attached hydrogens (tertiary/aromatic N) is 4. The highest BCUT2D eigenvalue weighted by Gasteiger charge is 2.28. The van der Waals surface area contributed by atoms with Crippen LogP contribution in [0.1, 0.15) is 34.5 Å². The first kappa shape index (κ1) is 17.0. The molecule has 2 atom stereocenters. The zero-order chi connectivity index (χ0) is 18.4. The van der Waals surface area contributed by atoms with Gasteiger partial charge in [-0.3, -0.25) is 4.79 Å². The number of likely N-dealkylation sites (tertiary alicyclic amines) is 1. The fraction of sp³-hybridized carbons (Fsp3) is 0.368. The number of nitrogens with one attached hydrogen (secondary N) is 1. The highest BCUT2D eigenvalue weighted by molar-refractivity contribution is 7.18. The Balaban J connectivity index is 1.36. The third-order valence-corrected chi connectivity index (χ3v) is 7.20. The van der Waals surface area contributed by atoms with Gasteiger partial charge in [0.25, 0.3) is 5.56 Å². The molecule has 3 aromatic heterocycles. The average Bonchev–Trinajstić information content (AvgIpc) is 3.25. The summed E-state index contributed by atoms with van der Waals surface area (Å²) in [5, 5.41) is 6.74. The Kier molecular flexibility index (Phi) is 4.26. The number of aromatic nitrogens is 4. The number of hydrogen-bond donors (Lipinski definition) is 1. The molecule has 0 radical (unpaired) electrons. The maximum Gasteiger partial charge on any atom is 0.275 e. The summed E-state index contributed by atoms with van der Waals surface area (Å²) in [5.41, 5.74) is 1.76. The standard InChI is InChI=1S/C19H19N5OS2/c1-12-9-17(25)24-19(20-12)27-16(22-24)11-23-8-4-5-13(10-23)18-21-14-6-2-3-7-15(14)26-18/h2-3,6-7,9,13H,4-5,8,10-11H2,1H3/p+1/t13-/m0/s1. The van der Waals surface area contributed by atoms with E-state index in [1.165, 1.54) is 49.4 Å². The monoisotopic (exact) mass is 398 g/mol. The summed E-state index contributed by atoms with van der Waals surface area (Å²) in [6, 6.07) is 9.91. The van der Waals surface area contributed by atoms with Crippen LogP contribution in [0.3, 0.4) is 0 Å². The summed E-state index contributed by atoms with van der Waals surface area (Å²) < 4.78 is 2.70. The van der Waals surface area contributed by atoms with Crippen molar-refractivity contribution < 1.29 is 4.90 Å². The zero-order valence-corrected chi connectivity index (χ0v) is 16.6. The van der Waals surface area contributed by atoms with E-state index in [9.17, 15) is 4.79 Å². The van der Waals surface area contributed by atoms with Crippen LogP contribution in [-0.4, -0.2) is 32.7 Å². The van der Waals surface area contributed by atoms with Gasteiger partial charge in [-0.2, -0.15) is 9.61 Å². The second-order valence-electron chi connectivity index (χ2n) is 7.17. The van der Waals surface area contributed by atoms with Gasteiger partial charge >= 0.3 is 0 Å². The number of quaternary nitrogens is 1. The van der Waals surface area contributed by atoms with Gasteiger partial charge in [-0.1, -0.05) is 23.5 Å². The third-order valence-electron chi connectivity index (χ3n) is 5.09. The molecule has 1 saturated heterocycles. The number of rotatable bonds is 3. The zero-order valence-electron chi connectivity index (χ0n) is 15.0. The lowest BCUT2D eigenvalue weighted by Crippen LogP contribution is -3.12. The van der Waals surface area contributed by atoms with Crippen molar-refractivity contribution in [2.24, 2.45) is 0 Å². The van der Waals surface area contributed by atoms with E-state index >= 15 is 0 Å². The van der Waals surface area contributed by atoms with Gasteiger partial charge in [-0.25, -0.2) is 9.97 Å². The van der Waals surface area contributed by atoms with Crippen LogP contribution in [0.15, 0.2) is 35.1 Å². The highest BCUT2D eigenvalue weighted by Crippen LogP contribution is 2.30. The molecule has 1 aliphatic rings. The smallest absolute Gasteiger partial charge is 0.275 e. The van der Waals surface area contributed by atoms with Gasteiger partial charge in [0.05, 0.1) is 29.2 Å². The van der Waals surface area contributed by atoms with Crippen LogP contribution in [-0.2, 0) is 6.54 Å². The molecule has 27 heavy (non-hydrogen) atoms. The molecule has 4 heterocycles. The molecule has 0 aliphatic carbocycles. The predicted octanol–water partition coefficient (Wildman–Crippen LogP) is 2.03. The van der Waals surface area contributed by atoms with E-state index in [4.69, 9.17) is 4.98 Å². The summed E-state index contributed by atoms with van der Waals surface area (Å²) in [6.45, 7) is 4.89. The summed E-state index contributed by atoms with van der Waals surface area (Å²) >= 11 is 3.35. The molecule has 1 unspecified atom stereocenters. The third kappa shape index (κ3) is 3.28. The van der Waals surface area contributed by atoms with Crippen LogP contribution < -0.4 is 10.5 Å². The van der Waals surface area contributed by atoms with Crippen molar-refractivity contribution in [2.75, 3.05) is 13.1 Å². The molecule has 138 valence electrons. The van der Waals surface area contributed by atoms with Crippen molar-refractivity contribution in [3.05, 3.63) is 56.4 Å². The second-order valence-corrected chi connectivity index (χ2v) is 9.27. The molecular weight excluding hydrogens is 378 g/mol. The predicted molar refractivity (Wildman–Crippen MR) is 108 cm³/mol. The van der Waals surface area contributed by atoms with Crippen molar-refractivity contribution in [3.8, 4) is 0 Å². The fourth-order valence-electron chi connectivity index (χ4n) is 3.83. The minimum atomic E-state index is -0.0963. The number of benzene rings is 1. The van der Waals surface area contributed by atoms with Crippen LogP contribution in [0.25, 0.3) is 15.2 Å². The van der Waals surface area contributed by atoms with Crippen molar-refractivity contribution in [2.45, 2.75) is 32.2 Å². The van der Waals surface area contributed by atoms with Crippen molar-refractivity contribution in [3.63, 3.8) is 0 Å². The molecular formula is C19H20N5OS2+. The van der Waals surface area contributed by atoms with Gasteiger partial charge in [-0.05, 0) is 31.9 Å². The van der Waals surface area contributed by atoms with E-state index in [1.54, 1.807) is 0 Å². The lowest BCUT2D eigenvalue weighted by molar-refractivity contribution is -0.920. The fourth-order valence-corrected chi connectivity index (χ4v) is 5.95. The maximum atomic E-state index is 12.1. The van der Waals surface area contributed by atoms with Crippen LogP contribution in [0, 0.1) is 6.92 Å². The largest absolute Gasteiger partial charge is 0.329 e. The second kappa shape index (κ2) is 6.78. The number of hydrogen-bond acceptors (Lipinski definition) is 6. The lowest BCUT2D eigenvalue weighted by Gasteiger charge is -2.28. The molecule has 1 aromatic carbocycles. The molecule has 1 N–H and O–H groups in total. The molecule has 0 bridgehead atoms. The Labute approximate surface area is 164 Å². The van der Waals surface area contributed by atoms with Gasteiger partial charge < -0.3 is 4.90 Å². The maximum absolute atomic E-state index is 12.1. The first-order valence-corrected chi connectivity index (χ1v) is 10.8. The van der Waals surface area contributed by atoms with Crippen molar-refractivity contribution in [1.29, 1.82) is 0 Å². The number of thiazole rings is 1. The van der Waals surface area contributed by atoms with E-state index in [0.29, 0.717) is 10.9 Å². The van der Waals surface area contributed by atoms with Crippen LogP contribution in [0.4, 0.5) is 0 Å². The molecule has 0 saturated carbocycles. The molecule has 0 spiro atoms. The topological polar surface area (TPSA) is 64.6 Å². The van der Waals surface area contributed by atoms with Gasteiger partial charge in [-0.15, -0.1) is 11.3 Å². The van der Waals surface area contributed by atoms with Crippen LogP contribution >= 0.6 is 22.7 Å². The number of piperidine rings is 1. The Bertz CT molecular complexity index is 1140. The Morgan fingerprint density at radius 2 is 2.15 bits per heavy atom. The molecule has 8 heteroatoms. The summed E-state index contributed by atoms with van der Waals surface area (Å²) in [5.74, 6) is 0.503. The summed E-state index contributed by atoms with van der Waals surface area (Å²) in [6.07, 6.45) is 2.39. The number of aryl methyl sites for hydroxylation is 1. The Morgan fingerprint density at radius 1 is 1.26 bits per heavy atom. The first-order valence-electron chi connectivity index (χ1n) is 9.21. The van der Waals surface area contributed by atoms with Crippen LogP contribution in [0.2, 0.25) is 0 Å². The van der Waals surface area contributed by atoms with Gasteiger partial charge in [0.2, 0.25) is 4.96 Å². The Hall–Kier alpha value is -2.16. The summed E-state index contributed by atoms with van der Waals surface area (Å²) in [4.78, 5) is 23.6. The van der Waals surface area contributed by atoms with E-state index in [0.717, 1.165) is 35.9 Å². The van der Waals surface area contributed by atoms with E-state index in [2.05, 4.69) is 34.3 Å². The van der Waals surface area contributed by atoms with E-state index in [-0.39, 0.29) is 5.56 Å². The first-order chi connectivity index (χ1) is 13.2. The molecule has 0 amide bonds. The van der Waals surface area contributed by atoms with Crippen LogP contribution in [0.5, 0.6) is 0 Å². The molecule has 1 fully saturated rings. The average molecular weight is 399 g/mol. The lowest BCUT2D eigenvalue weighted by atomic mass is 9.99. The minimum Gasteiger partial charge on any atom is -0.329 e. The minimum absolute atomic E-state index is 0.0963. The summed E-state index contributed by atoms with van der Waals surface area (Å²) in [7, 11) is 0. The molecule has 1 aliphatic heterocycles.